The number of sulfone groups is 1. The van der Waals surface area contributed by atoms with Crippen molar-refractivity contribution in [1.82, 2.24) is 5.32 Å². The molecule has 0 spiro atoms. The van der Waals surface area contributed by atoms with E-state index in [9.17, 15) is 8.42 Å². The summed E-state index contributed by atoms with van der Waals surface area (Å²) in [6.07, 6.45) is 2.57. The highest BCUT2D eigenvalue weighted by Crippen LogP contribution is 2.26. The lowest BCUT2D eigenvalue weighted by molar-refractivity contribution is 0.461. The van der Waals surface area contributed by atoms with Gasteiger partial charge in [0.05, 0.1) is 4.90 Å². The third-order valence-corrected chi connectivity index (χ3v) is 5.28. The molecule has 3 nitrogen and oxygen atoms in total. The van der Waals surface area contributed by atoms with Crippen molar-refractivity contribution in [3.8, 4) is 0 Å². The third-order valence-electron chi connectivity index (χ3n) is 2.80. The van der Waals surface area contributed by atoms with Crippen LogP contribution in [0.15, 0.2) is 23.1 Å². The highest BCUT2D eigenvalue weighted by atomic mass is 35.5. The molecule has 7 heteroatoms. The lowest BCUT2D eigenvalue weighted by Gasteiger charge is -2.23. The van der Waals surface area contributed by atoms with Crippen molar-refractivity contribution in [2.24, 2.45) is 0 Å². The second-order valence-corrected chi connectivity index (χ2v) is 7.09. The van der Waals surface area contributed by atoms with Crippen LogP contribution in [0, 0.1) is 0 Å². The molecule has 1 unspecified atom stereocenters. The van der Waals surface area contributed by atoms with Gasteiger partial charge in [0, 0.05) is 10.0 Å². The number of benzene rings is 1. The summed E-state index contributed by atoms with van der Waals surface area (Å²) < 4.78 is 24.6. The van der Waals surface area contributed by atoms with Gasteiger partial charge >= 0.3 is 0 Å². The van der Waals surface area contributed by atoms with Crippen LogP contribution in [0.2, 0.25) is 10.0 Å². The van der Waals surface area contributed by atoms with Gasteiger partial charge < -0.3 is 5.32 Å². The topological polar surface area (TPSA) is 46.2 Å². The molecule has 0 amide bonds. The van der Waals surface area contributed by atoms with Crippen LogP contribution in [0.5, 0.6) is 0 Å². The van der Waals surface area contributed by atoms with Gasteiger partial charge in [0.2, 0.25) is 0 Å². The van der Waals surface area contributed by atoms with Crippen LogP contribution in [0.3, 0.4) is 0 Å². The number of hydrogen-bond donors (Lipinski definition) is 1. The first kappa shape index (κ1) is 16.1. The van der Waals surface area contributed by atoms with Gasteiger partial charge in [0.15, 0.2) is 9.84 Å². The van der Waals surface area contributed by atoms with Crippen LogP contribution >= 0.6 is 35.6 Å². The molecule has 1 saturated heterocycles. The van der Waals surface area contributed by atoms with Crippen LogP contribution in [-0.2, 0) is 9.84 Å². The van der Waals surface area contributed by atoms with Gasteiger partial charge in [0.1, 0.15) is 5.37 Å². The van der Waals surface area contributed by atoms with Crippen LogP contribution in [0.4, 0.5) is 0 Å². The zero-order valence-corrected chi connectivity index (χ0v) is 12.7. The molecule has 1 fully saturated rings. The maximum Gasteiger partial charge on any atom is 0.194 e. The zero-order chi connectivity index (χ0) is 12.5. The van der Waals surface area contributed by atoms with E-state index in [-0.39, 0.29) is 17.3 Å². The average Bonchev–Trinajstić information content (AvgIpc) is 2.29. The molecular weight excluding hydrogens is 317 g/mol. The van der Waals surface area contributed by atoms with Gasteiger partial charge in [-0.15, -0.1) is 12.4 Å². The van der Waals surface area contributed by atoms with E-state index in [0.717, 1.165) is 19.4 Å². The molecule has 2 rings (SSSR count). The van der Waals surface area contributed by atoms with E-state index in [2.05, 4.69) is 5.32 Å². The molecule has 0 aromatic heterocycles. The molecule has 1 aromatic rings. The predicted octanol–water partition coefficient (Wildman–Crippen LogP) is 3.29. The Morgan fingerprint density at radius 3 is 2.22 bits per heavy atom. The number of rotatable bonds is 2. The Morgan fingerprint density at radius 2 is 1.72 bits per heavy atom. The lowest BCUT2D eigenvalue weighted by atomic mass is 10.2. The van der Waals surface area contributed by atoms with Gasteiger partial charge in [-0.3, -0.25) is 0 Å². The van der Waals surface area contributed by atoms with E-state index in [4.69, 9.17) is 23.2 Å². The fourth-order valence-corrected chi connectivity index (χ4v) is 4.32. The van der Waals surface area contributed by atoms with Crippen molar-refractivity contribution in [1.29, 1.82) is 0 Å². The summed E-state index contributed by atoms with van der Waals surface area (Å²) in [4.78, 5) is 0.189. The Kier molecular flexibility index (Phi) is 5.74. The number of hydrogen-bond acceptors (Lipinski definition) is 3. The quantitative estimate of drug-likeness (QED) is 0.905. The van der Waals surface area contributed by atoms with E-state index >= 15 is 0 Å². The third kappa shape index (κ3) is 3.52. The summed E-state index contributed by atoms with van der Waals surface area (Å²) in [5, 5.41) is 3.18. The largest absolute Gasteiger partial charge is 0.301 e. The van der Waals surface area contributed by atoms with Gasteiger partial charge in [-0.1, -0.05) is 23.2 Å². The summed E-state index contributed by atoms with van der Waals surface area (Å²) in [5.74, 6) is 0. The minimum atomic E-state index is -3.39. The molecular formula is C11H14Cl3NO2S. The Morgan fingerprint density at radius 1 is 1.11 bits per heavy atom. The normalized spacial score (nSPS) is 20.2. The number of nitrogens with one attached hydrogen (secondary N) is 1. The van der Waals surface area contributed by atoms with Crippen molar-refractivity contribution < 1.29 is 8.42 Å². The van der Waals surface area contributed by atoms with E-state index in [1.54, 1.807) is 0 Å². The summed E-state index contributed by atoms with van der Waals surface area (Å²) >= 11 is 11.7. The Hall–Kier alpha value is -0.000000000000000132. The first-order chi connectivity index (χ1) is 8.00. The molecule has 1 aliphatic rings. The molecule has 1 aliphatic heterocycles. The second kappa shape index (κ2) is 6.44. The molecule has 1 atom stereocenters. The number of halogens is 3. The highest BCUT2D eigenvalue weighted by molar-refractivity contribution is 7.92. The maximum absolute atomic E-state index is 12.3. The molecule has 18 heavy (non-hydrogen) atoms. The van der Waals surface area contributed by atoms with E-state index in [1.165, 1.54) is 18.2 Å². The Balaban J connectivity index is 0.00000162. The van der Waals surface area contributed by atoms with Gasteiger partial charge in [-0.25, -0.2) is 8.42 Å². The van der Waals surface area contributed by atoms with Crippen LogP contribution in [0.25, 0.3) is 0 Å². The van der Waals surface area contributed by atoms with Gasteiger partial charge in [0.25, 0.3) is 0 Å². The van der Waals surface area contributed by atoms with Crippen molar-refractivity contribution in [2.45, 2.75) is 29.5 Å². The summed E-state index contributed by atoms with van der Waals surface area (Å²) in [6.45, 7) is 0.734. The predicted molar refractivity (Wildman–Crippen MR) is 76.5 cm³/mol. The fraction of sp³-hybridized carbons (Fsp3) is 0.455. The monoisotopic (exact) mass is 329 g/mol. The molecule has 0 radical (unpaired) electrons. The van der Waals surface area contributed by atoms with Crippen molar-refractivity contribution in [3.05, 3.63) is 28.2 Å². The maximum atomic E-state index is 12.3. The fourth-order valence-electron chi connectivity index (χ4n) is 1.94. The standard InChI is InChI=1S/C11H13Cl2NO2S.ClH/c12-8-5-9(13)7-10(6-8)17(15,16)11-3-1-2-4-14-11;/h5-7,11,14H,1-4H2;1H. The summed E-state index contributed by atoms with van der Waals surface area (Å²) in [6, 6.07) is 4.41. The molecule has 0 aliphatic carbocycles. The minimum Gasteiger partial charge on any atom is -0.301 e. The summed E-state index contributed by atoms with van der Waals surface area (Å²) in [7, 11) is -3.39. The molecule has 1 heterocycles. The molecule has 1 N–H and O–H groups in total. The average molecular weight is 331 g/mol. The first-order valence-corrected chi connectivity index (χ1v) is 7.74. The van der Waals surface area contributed by atoms with Crippen LogP contribution in [-0.4, -0.2) is 20.3 Å². The van der Waals surface area contributed by atoms with Crippen LogP contribution in [0.1, 0.15) is 19.3 Å². The van der Waals surface area contributed by atoms with Gasteiger partial charge in [-0.05, 0) is 44.0 Å². The molecule has 1 aromatic carbocycles. The van der Waals surface area contributed by atoms with Crippen molar-refractivity contribution in [2.75, 3.05) is 6.54 Å². The molecule has 0 saturated carbocycles. The van der Waals surface area contributed by atoms with E-state index in [1.807, 2.05) is 0 Å². The Labute approximate surface area is 123 Å². The zero-order valence-electron chi connectivity index (χ0n) is 9.53. The lowest BCUT2D eigenvalue weighted by Crippen LogP contribution is -2.40. The molecule has 102 valence electrons. The SMILES string of the molecule is Cl.O=S(=O)(c1cc(Cl)cc(Cl)c1)C1CCCCN1. The van der Waals surface area contributed by atoms with Gasteiger partial charge in [-0.2, -0.15) is 0 Å². The van der Waals surface area contributed by atoms with E-state index in [0.29, 0.717) is 16.5 Å². The first-order valence-electron chi connectivity index (χ1n) is 5.43. The summed E-state index contributed by atoms with van der Waals surface area (Å²) in [5.41, 5.74) is 0. The Bertz CT molecular complexity index is 493. The van der Waals surface area contributed by atoms with Crippen molar-refractivity contribution in [3.63, 3.8) is 0 Å². The smallest absolute Gasteiger partial charge is 0.194 e. The minimum absolute atomic E-state index is 0. The van der Waals surface area contributed by atoms with Crippen LogP contribution < -0.4 is 5.32 Å². The highest BCUT2D eigenvalue weighted by Gasteiger charge is 2.29. The number of piperidine rings is 1. The van der Waals surface area contributed by atoms with Crippen molar-refractivity contribution >= 4 is 45.4 Å². The van der Waals surface area contributed by atoms with E-state index < -0.39 is 15.2 Å². The second-order valence-electron chi connectivity index (χ2n) is 4.09. The molecule has 0 bridgehead atoms.